The van der Waals surface area contributed by atoms with Gasteiger partial charge in [-0.2, -0.15) is 0 Å². The molecule has 2 aromatic carbocycles. The quantitative estimate of drug-likeness (QED) is 0.246. The summed E-state index contributed by atoms with van der Waals surface area (Å²) in [7, 11) is -22.1. The van der Waals surface area contributed by atoms with E-state index in [1.54, 1.807) is 0 Å². The van der Waals surface area contributed by atoms with Crippen molar-refractivity contribution in [3.63, 3.8) is 0 Å². The van der Waals surface area contributed by atoms with E-state index < -0.39 is 41.6 Å². The smallest absolute Gasteiger partial charge is 0.217 e. The van der Waals surface area contributed by atoms with E-state index >= 15 is 0 Å². The molecule has 0 fully saturated rings. The Kier molecular flexibility index (Phi) is 13.6. The number of hydrogen-bond donors (Lipinski definition) is 2. The van der Waals surface area contributed by atoms with Gasteiger partial charge in [0, 0.05) is 21.1 Å². The zero-order valence-electron chi connectivity index (χ0n) is 16.5. The van der Waals surface area contributed by atoms with Crippen molar-refractivity contribution < 1.29 is 87.9 Å². The molecule has 0 spiro atoms. The number of halogens is 2. The van der Waals surface area contributed by atoms with Gasteiger partial charge in [-0.3, -0.25) is 9.13 Å². The monoisotopic (exact) mass is 696 g/mol. The molecular formula is C14H12Cl2MoO14P4-6. The first-order chi connectivity index (χ1) is 15.3. The van der Waals surface area contributed by atoms with Crippen LogP contribution in [0, 0.1) is 0 Å². The molecule has 0 radical (unpaired) electrons. The Labute approximate surface area is 222 Å². The fourth-order valence-corrected chi connectivity index (χ4v) is 6.32. The van der Waals surface area contributed by atoms with Gasteiger partial charge >= 0.3 is 0 Å². The third kappa shape index (κ3) is 11.0. The van der Waals surface area contributed by atoms with Gasteiger partial charge in [0.25, 0.3) is 0 Å². The molecule has 0 saturated carbocycles. The summed E-state index contributed by atoms with van der Waals surface area (Å²) in [5.41, 5.74) is -6.29. The Balaban J connectivity index is 0.000000642. The van der Waals surface area contributed by atoms with Crippen molar-refractivity contribution in [3.05, 3.63) is 58.6 Å². The zero-order valence-corrected chi connectivity index (χ0v) is 23.6. The zero-order chi connectivity index (χ0) is 26.5. The van der Waals surface area contributed by atoms with Gasteiger partial charge in [0.05, 0.1) is 10.0 Å². The Morgan fingerprint density at radius 1 is 0.629 bits per heavy atom. The predicted molar refractivity (Wildman–Crippen MR) is 107 cm³/mol. The van der Waals surface area contributed by atoms with E-state index in [0.29, 0.717) is 0 Å². The van der Waals surface area contributed by atoms with Crippen molar-refractivity contribution in [2.75, 3.05) is 0 Å². The molecule has 0 amide bonds. The van der Waals surface area contributed by atoms with Crippen LogP contribution in [0.5, 0.6) is 11.5 Å². The Morgan fingerprint density at radius 2 is 0.886 bits per heavy atom. The van der Waals surface area contributed by atoms with Gasteiger partial charge in [-0.1, -0.05) is 47.5 Å². The first kappa shape index (κ1) is 34.9. The maximum atomic E-state index is 11.2. The van der Waals surface area contributed by atoms with E-state index in [1.807, 2.05) is 0 Å². The van der Waals surface area contributed by atoms with Crippen LogP contribution in [-0.2, 0) is 39.3 Å². The van der Waals surface area contributed by atoms with E-state index in [9.17, 15) is 47.6 Å². The second kappa shape index (κ2) is 13.6. The summed E-state index contributed by atoms with van der Waals surface area (Å²) >= 11 is 11.1. The Morgan fingerprint density at radius 3 is 1.11 bits per heavy atom. The number of rotatable bonds is 8. The summed E-state index contributed by atoms with van der Waals surface area (Å²) in [4.78, 5) is 64.0. The first-order valence-corrected chi connectivity index (χ1v) is 15.4. The molecule has 2 aromatic rings. The predicted octanol–water partition coefficient (Wildman–Crippen LogP) is -1.08. The molecule has 0 aliphatic carbocycles. The summed E-state index contributed by atoms with van der Waals surface area (Å²) in [5, 5.41) is 17.4. The number of benzene rings is 2. The third-order valence-electron chi connectivity index (χ3n) is 3.26. The second-order valence-electron chi connectivity index (χ2n) is 5.90. The van der Waals surface area contributed by atoms with Crippen LogP contribution in [0.2, 0.25) is 10.0 Å². The minimum absolute atomic E-state index is 0. The average Bonchev–Trinajstić information content (AvgIpc) is 2.69. The summed E-state index contributed by atoms with van der Waals surface area (Å²) < 4.78 is 51.8. The largest absolute Gasteiger partial charge is 0.809 e. The Bertz CT molecular complexity index is 1100. The molecule has 0 aliphatic heterocycles. The van der Waals surface area contributed by atoms with Crippen molar-refractivity contribution in [2.45, 2.75) is 11.2 Å². The second-order valence-corrected chi connectivity index (χ2v) is 14.2. The molecule has 0 aromatic heterocycles. The van der Waals surface area contributed by atoms with Gasteiger partial charge in [-0.15, -0.1) is 0 Å². The van der Waals surface area contributed by atoms with Gasteiger partial charge in [-0.25, -0.2) is 0 Å². The maximum Gasteiger partial charge on any atom is 0.217 e. The molecule has 198 valence electrons. The van der Waals surface area contributed by atoms with Crippen LogP contribution < -0.4 is 38.4 Å². The molecule has 14 nitrogen and oxygen atoms in total. The molecule has 2 N–H and O–H groups in total. The molecule has 21 heteroatoms. The molecule has 4 unspecified atom stereocenters. The van der Waals surface area contributed by atoms with E-state index in [1.165, 1.54) is 36.4 Å². The van der Waals surface area contributed by atoms with Gasteiger partial charge in [0.2, 0.25) is 15.2 Å². The van der Waals surface area contributed by atoms with Gasteiger partial charge in [0.15, 0.2) is 11.2 Å². The fourth-order valence-electron chi connectivity index (χ4n) is 1.75. The summed E-state index contributed by atoms with van der Waals surface area (Å²) in [5.74, 6) is -0.750. The summed E-state index contributed by atoms with van der Waals surface area (Å²) in [6.45, 7) is 0. The van der Waals surface area contributed by atoms with Gasteiger partial charge in [0.1, 0.15) is 11.5 Å². The molecule has 0 heterocycles. The standard InChI is InChI=1S/2C7H9ClO7P2.Mo/c2*8-5-3-1-2-4-6(5)15-17(13,14)7(9)16(10,11)12;/h2*1-4,7,9H,(H,13,14)(H2,10,11,12);/p-6. The van der Waals surface area contributed by atoms with Crippen molar-refractivity contribution in [3.8, 4) is 11.5 Å². The van der Waals surface area contributed by atoms with E-state index in [-0.39, 0.29) is 42.6 Å². The average molecular weight is 695 g/mol. The fraction of sp³-hybridized carbons (Fsp3) is 0.143. The van der Waals surface area contributed by atoms with Crippen LogP contribution >= 0.6 is 53.6 Å². The molecule has 35 heavy (non-hydrogen) atoms. The van der Waals surface area contributed by atoms with Gasteiger partial charge < -0.3 is 57.8 Å². The van der Waals surface area contributed by atoms with Crippen molar-refractivity contribution >= 4 is 53.6 Å². The molecule has 4 atom stereocenters. The van der Waals surface area contributed by atoms with Crippen LogP contribution in [0.1, 0.15) is 0 Å². The Hall–Kier alpha value is -0.0917. The number of aliphatic hydroxyl groups is 2. The molecular weight excluding hydrogens is 683 g/mol. The van der Waals surface area contributed by atoms with Crippen molar-refractivity contribution in [1.29, 1.82) is 0 Å². The van der Waals surface area contributed by atoms with E-state index in [4.69, 9.17) is 33.4 Å². The molecule has 2 rings (SSSR count). The molecule has 0 saturated heterocycles. The van der Waals surface area contributed by atoms with Crippen molar-refractivity contribution in [2.24, 2.45) is 0 Å². The number of para-hydroxylation sites is 2. The van der Waals surface area contributed by atoms with Gasteiger partial charge in [-0.05, 0) is 39.5 Å². The topological polar surface area (TPSA) is 266 Å². The number of hydrogen-bond acceptors (Lipinski definition) is 14. The summed E-state index contributed by atoms with van der Waals surface area (Å²) in [6.07, 6.45) is 0. The van der Waals surface area contributed by atoms with Crippen LogP contribution in [0.25, 0.3) is 0 Å². The minimum Gasteiger partial charge on any atom is -0.809 e. The third-order valence-corrected chi connectivity index (χ3v) is 10.4. The molecule has 0 aliphatic rings. The van der Waals surface area contributed by atoms with Crippen LogP contribution in [0.15, 0.2) is 48.5 Å². The van der Waals surface area contributed by atoms with Crippen LogP contribution in [0.4, 0.5) is 0 Å². The van der Waals surface area contributed by atoms with E-state index in [2.05, 4.69) is 9.05 Å². The first-order valence-electron chi connectivity index (χ1n) is 8.18. The molecule has 0 bridgehead atoms. The van der Waals surface area contributed by atoms with Crippen molar-refractivity contribution in [1.82, 2.24) is 0 Å². The minimum atomic E-state index is -5.72. The van der Waals surface area contributed by atoms with E-state index in [0.717, 1.165) is 12.1 Å². The summed E-state index contributed by atoms with van der Waals surface area (Å²) in [6, 6.07) is 10.6. The maximum absolute atomic E-state index is 11.2. The SMILES string of the molecule is O=P([O-])([O-])C(O)P(=O)([O-])Oc1ccccc1Cl.O=P([O-])([O-])C(O)P(=O)([O-])Oc1ccccc1Cl.[Mo]. The number of aliphatic hydroxyl groups excluding tert-OH is 2. The van der Waals surface area contributed by atoms with Crippen LogP contribution in [-0.4, -0.2) is 21.4 Å². The normalized spacial score (nSPS) is 16.7. The van der Waals surface area contributed by atoms with Crippen LogP contribution in [0.3, 0.4) is 0 Å².